The maximum Gasteiger partial charge on any atom is 0.343 e. The molecule has 0 saturated carbocycles. The van der Waals surface area contributed by atoms with Crippen molar-refractivity contribution in [1.82, 2.24) is 0 Å². The average Bonchev–Trinajstić information content (AvgIpc) is 2.61. The number of methoxy groups -OCH3 is 1. The third kappa shape index (κ3) is 4.22. The van der Waals surface area contributed by atoms with Crippen LogP contribution in [0.15, 0.2) is 52.5 Å². The summed E-state index contributed by atoms with van der Waals surface area (Å²) in [6.45, 7) is 0. The number of esters is 1. The molecule has 0 amide bonds. The maximum atomic E-state index is 12.2. The number of halogens is 1. The fourth-order valence-corrected chi connectivity index (χ4v) is 2.12. The van der Waals surface area contributed by atoms with E-state index in [1.165, 1.54) is 13.2 Å². The summed E-state index contributed by atoms with van der Waals surface area (Å²) in [4.78, 5) is 12.2. The summed E-state index contributed by atoms with van der Waals surface area (Å²) in [7, 11) is 1.44. The Morgan fingerprint density at radius 2 is 1.75 bits per heavy atom. The standard InChI is InChI=1S/C18H11BrN2O3/c1-23-17-9-12(8-13(10-20)11-21)2-7-16(17)24-18(22)14-3-5-15(19)6-4-14/h2-9H,1H3. The SMILES string of the molecule is COc1cc(C=C(C#N)C#N)ccc1OC(=O)c1ccc(Br)cc1. The van der Waals surface area contributed by atoms with Crippen molar-refractivity contribution >= 4 is 28.0 Å². The summed E-state index contributed by atoms with van der Waals surface area (Å²) >= 11 is 3.30. The summed E-state index contributed by atoms with van der Waals surface area (Å²) in [5.74, 6) is 0.0568. The Bertz CT molecular complexity index is 859. The lowest BCUT2D eigenvalue weighted by molar-refractivity contribution is 0.0729. The van der Waals surface area contributed by atoms with Crippen LogP contribution in [0.4, 0.5) is 0 Å². The number of rotatable bonds is 4. The lowest BCUT2D eigenvalue weighted by Crippen LogP contribution is -2.09. The molecular formula is C18H11BrN2O3. The first-order chi connectivity index (χ1) is 11.6. The number of carbonyl (C=O) groups is 1. The third-order valence-corrected chi connectivity index (χ3v) is 3.55. The molecule has 0 fully saturated rings. The summed E-state index contributed by atoms with van der Waals surface area (Å²) in [6, 6.07) is 15.1. The summed E-state index contributed by atoms with van der Waals surface area (Å²) in [6.07, 6.45) is 1.42. The van der Waals surface area contributed by atoms with Crippen molar-refractivity contribution in [3.8, 4) is 23.6 Å². The monoisotopic (exact) mass is 382 g/mol. The topological polar surface area (TPSA) is 83.1 Å². The molecule has 0 N–H and O–H groups in total. The minimum absolute atomic E-state index is 0.0309. The van der Waals surface area contributed by atoms with Gasteiger partial charge in [0.2, 0.25) is 0 Å². The molecule has 2 aromatic rings. The van der Waals surface area contributed by atoms with Crippen LogP contribution in [-0.4, -0.2) is 13.1 Å². The van der Waals surface area contributed by atoms with Gasteiger partial charge in [-0.25, -0.2) is 4.79 Å². The smallest absolute Gasteiger partial charge is 0.343 e. The first-order valence-corrected chi connectivity index (χ1v) is 7.54. The lowest BCUT2D eigenvalue weighted by atomic mass is 10.1. The quantitative estimate of drug-likeness (QED) is 0.451. The van der Waals surface area contributed by atoms with Crippen molar-refractivity contribution in [3.05, 3.63) is 63.6 Å². The Hall–Kier alpha value is -3.09. The van der Waals surface area contributed by atoms with Gasteiger partial charge in [0.1, 0.15) is 17.7 Å². The first-order valence-electron chi connectivity index (χ1n) is 6.75. The van der Waals surface area contributed by atoms with Gasteiger partial charge < -0.3 is 9.47 Å². The van der Waals surface area contributed by atoms with E-state index in [9.17, 15) is 4.79 Å². The Morgan fingerprint density at radius 3 is 2.33 bits per heavy atom. The minimum atomic E-state index is -0.515. The van der Waals surface area contributed by atoms with Crippen molar-refractivity contribution < 1.29 is 14.3 Å². The van der Waals surface area contributed by atoms with Crippen molar-refractivity contribution in [2.24, 2.45) is 0 Å². The van der Waals surface area contributed by atoms with Crippen LogP contribution in [0.1, 0.15) is 15.9 Å². The van der Waals surface area contributed by atoms with Crippen LogP contribution in [0.5, 0.6) is 11.5 Å². The summed E-state index contributed by atoms with van der Waals surface area (Å²) < 4.78 is 11.4. The highest BCUT2D eigenvalue weighted by Gasteiger charge is 2.13. The second-order valence-corrected chi connectivity index (χ2v) is 5.50. The van der Waals surface area contributed by atoms with E-state index < -0.39 is 5.97 Å². The van der Waals surface area contributed by atoms with E-state index in [4.69, 9.17) is 20.0 Å². The van der Waals surface area contributed by atoms with Crippen LogP contribution in [-0.2, 0) is 0 Å². The van der Waals surface area contributed by atoms with Gasteiger partial charge >= 0.3 is 5.97 Å². The van der Waals surface area contributed by atoms with E-state index >= 15 is 0 Å². The van der Waals surface area contributed by atoms with Crippen LogP contribution >= 0.6 is 15.9 Å². The van der Waals surface area contributed by atoms with Crippen LogP contribution in [0.25, 0.3) is 6.08 Å². The summed E-state index contributed by atoms with van der Waals surface area (Å²) in [5, 5.41) is 17.6. The Kier molecular flexibility index (Phi) is 5.73. The number of nitrogens with zero attached hydrogens (tertiary/aromatic N) is 2. The van der Waals surface area contributed by atoms with Crippen LogP contribution < -0.4 is 9.47 Å². The maximum absolute atomic E-state index is 12.2. The molecule has 2 rings (SSSR count). The van der Waals surface area contributed by atoms with Gasteiger partial charge in [0.25, 0.3) is 0 Å². The second kappa shape index (κ2) is 7.96. The van der Waals surface area contributed by atoms with E-state index in [1.54, 1.807) is 54.6 Å². The summed E-state index contributed by atoms with van der Waals surface area (Å²) in [5.41, 5.74) is 0.963. The molecule has 0 unspecified atom stereocenters. The molecule has 0 heterocycles. The van der Waals surface area contributed by atoms with E-state index in [0.717, 1.165) is 4.47 Å². The molecule has 0 spiro atoms. The molecular weight excluding hydrogens is 372 g/mol. The highest BCUT2D eigenvalue weighted by molar-refractivity contribution is 9.10. The Labute approximate surface area is 147 Å². The fourth-order valence-electron chi connectivity index (χ4n) is 1.86. The van der Waals surface area contributed by atoms with Gasteiger partial charge in [-0.05, 0) is 48.0 Å². The first kappa shape index (κ1) is 17.3. The highest BCUT2D eigenvalue weighted by Crippen LogP contribution is 2.29. The Balaban J connectivity index is 2.27. The predicted molar refractivity (Wildman–Crippen MR) is 91.3 cm³/mol. The molecule has 0 aromatic heterocycles. The second-order valence-electron chi connectivity index (χ2n) is 4.59. The molecule has 0 aliphatic heterocycles. The molecule has 5 nitrogen and oxygen atoms in total. The molecule has 118 valence electrons. The largest absolute Gasteiger partial charge is 0.493 e. The zero-order valence-electron chi connectivity index (χ0n) is 12.6. The number of nitriles is 2. The van der Waals surface area contributed by atoms with Gasteiger partial charge in [0, 0.05) is 4.47 Å². The molecule has 2 aromatic carbocycles. The van der Waals surface area contributed by atoms with Crippen molar-refractivity contribution in [2.45, 2.75) is 0 Å². The number of hydrogen-bond donors (Lipinski definition) is 0. The molecule has 0 aliphatic rings. The lowest BCUT2D eigenvalue weighted by Gasteiger charge is -2.10. The van der Waals surface area contributed by atoms with E-state index in [1.807, 2.05) is 0 Å². The number of carbonyl (C=O) groups excluding carboxylic acids is 1. The van der Waals surface area contributed by atoms with Crippen LogP contribution in [0, 0.1) is 22.7 Å². The van der Waals surface area contributed by atoms with E-state index in [0.29, 0.717) is 16.9 Å². The van der Waals surface area contributed by atoms with Gasteiger partial charge in [0.15, 0.2) is 11.5 Å². The van der Waals surface area contributed by atoms with Gasteiger partial charge in [-0.15, -0.1) is 0 Å². The molecule has 0 saturated heterocycles. The Morgan fingerprint density at radius 1 is 1.08 bits per heavy atom. The number of allylic oxidation sites excluding steroid dienone is 1. The number of ether oxygens (including phenoxy) is 2. The van der Waals surface area contributed by atoms with Gasteiger partial charge in [0.05, 0.1) is 12.7 Å². The zero-order valence-corrected chi connectivity index (χ0v) is 14.2. The highest BCUT2D eigenvalue weighted by atomic mass is 79.9. The van der Waals surface area contributed by atoms with Gasteiger partial charge in [-0.2, -0.15) is 10.5 Å². The molecule has 0 bridgehead atoms. The molecule has 24 heavy (non-hydrogen) atoms. The molecule has 0 aliphatic carbocycles. The van der Waals surface area contributed by atoms with Crippen LogP contribution in [0.3, 0.4) is 0 Å². The van der Waals surface area contributed by atoms with Crippen LogP contribution in [0.2, 0.25) is 0 Å². The predicted octanol–water partition coefficient (Wildman–Crippen LogP) is 4.11. The average molecular weight is 383 g/mol. The third-order valence-electron chi connectivity index (χ3n) is 3.02. The van der Waals surface area contributed by atoms with Crippen molar-refractivity contribution in [2.75, 3.05) is 7.11 Å². The minimum Gasteiger partial charge on any atom is -0.493 e. The van der Waals surface area contributed by atoms with Gasteiger partial charge in [-0.3, -0.25) is 0 Å². The number of benzene rings is 2. The molecule has 0 radical (unpaired) electrons. The van der Waals surface area contributed by atoms with E-state index in [-0.39, 0.29) is 11.3 Å². The molecule has 0 atom stereocenters. The number of hydrogen-bond acceptors (Lipinski definition) is 5. The van der Waals surface area contributed by atoms with E-state index in [2.05, 4.69) is 15.9 Å². The fraction of sp³-hybridized carbons (Fsp3) is 0.0556. The normalized spacial score (nSPS) is 9.33. The van der Waals surface area contributed by atoms with Crippen molar-refractivity contribution in [3.63, 3.8) is 0 Å². The van der Waals surface area contributed by atoms with Gasteiger partial charge in [-0.1, -0.05) is 22.0 Å². The van der Waals surface area contributed by atoms with Crippen molar-refractivity contribution in [1.29, 1.82) is 10.5 Å². The zero-order chi connectivity index (χ0) is 17.5. The molecule has 6 heteroatoms.